The van der Waals surface area contributed by atoms with Gasteiger partial charge in [-0.15, -0.1) is 6.42 Å². The summed E-state index contributed by atoms with van der Waals surface area (Å²) in [4.78, 5) is 0. The lowest BCUT2D eigenvalue weighted by atomic mass is 10.2. The Bertz CT molecular complexity index is 234. The average molecular weight is 189 g/mol. The average Bonchev–Trinajstić information content (AvgIpc) is 2.06. The second-order valence-corrected chi connectivity index (χ2v) is 5.02. The molecule has 0 atom stereocenters. The fourth-order valence-electron chi connectivity index (χ4n) is 0.781. The molecule has 0 aromatic carbocycles. The smallest absolute Gasteiger partial charge is 0.295 e. The van der Waals surface area contributed by atoms with Crippen molar-refractivity contribution in [3.63, 3.8) is 0 Å². The summed E-state index contributed by atoms with van der Waals surface area (Å²) in [6, 6.07) is 0. The molecule has 5 heteroatoms. The highest BCUT2D eigenvalue weighted by Crippen LogP contribution is 2.52. The molecule has 1 saturated heterocycles. The zero-order chi connectivity index (χ0) is 9.19. The first-order chi connectivity index (χ1) is 5.58. The SMILES string of the molecule is C#CC1COP(=O)(N(C)C)OC1. The Labute approximate surface area is 72.4 Å². The largest absolute Gasteiger partial charge is 0.407 e. The molecule has 1 aliphatic rings. The lowest BCUT2D eigenvalue weighted by Gasteiger charge is -2.29. The van der Waals surface area contributed by atoms with E-state index in [0.717, 1.165) is 0 Å². The monoisotopic (exact) mass is 189 g/mol. The van der Waals surface area contributed by atoms with Gasteiger partial charge in [0.1, 0.15) is 0 Å². The first-order valence-electron chi connectivity index (χ1n) is 3.61. The molecule has 0 amide bonds. The highest BCUT2D eigenvalue weighted by atomic mass is 31.2. The van der Waals surface area contributed by atoms with Crippen molar-refractivity contribution in [2.45, 2.75) is 0 Å². The van der Waals surface area contributed by atoms with Crippen LogP contribution in [-0.2, 0) is 13.6 Å². The molecule has 12 heavy (non-hydrogen) atoms. The van der Waals surface area contributed by atoms with Crippen molar-refractivity contribution in [3.8, 4) is 12.3 Å². The van der Waals surface area contributed by atoms with Crippen LogP contribution in [0.4, 0.5) is 0 Å². The number of rotatable bonds is 1. The summed E-state index contributed by atoms with van der Waals surface area (Å²) in [5.74, 6) is 2.41. The van der Waals surface area contributed by atoms with Crippen LogP contribution in [0.15, 0.2) is 0 Å². The zero-order valence-corrected chi connectivity index (χ0v) is 8.08. The highest BCUT2D eigenvalue weighted by molar-refractivity contribution is 7.51. The van der Waals surface area contributed by atoms with Gasteiger partial charge in [-0.05, 0) is 14.1 Å². The van der Waals surface area contributed by atoms with E-state index in [1.807, 2.05) is 0 Å². The molecule has 68 valence electrons. The predicted octanol–water partition coefficient (Wildman–Crippen LogP) is 0.952. The van der Waals surface area contributed by atoms with Gasteiger partial charge >= 0.3 is 7.75 Å². The molecule has 4 nitrogen and oxygen atoms in total. The Morgan fingerprint density at radius 3 is 2.33 bits per heavy atom. The Hall–Kier alpha value is -0.330. The van der Waals surface area contributed by atoms with Crippen LogP contribution >= 0.6 is 7.75 Å². The molecule has 0 saturated carbocycles. The van der Waals surface area contributed by atoms with Crippen LogP contribution < -0.4 is 0 Å². The van der Waals surface area contributed by atoms with E-state index >= 15 is 0 Å². The number of nitrogens with zero attached hydrogens (tertiary/aromatic N) is 1. The number of hydrogen-bond acceptors (Lipinski definition) is 3. The van der Waals surface area contributed by atoms with Crippen LogP contribution in [0.1, 0.15) is 0 Å². The maximum absolute atomic E-state index is 11.6. The van der Waals surface area contributed by atoms with Gasteiger partial charge in [0.15, 0.2) is 0 Å². The second-order valence-electron chi connectivity index (χ2n) is 2.77. The van der Waals surface area contributed by atoms with Gasteiger partial charge in [-0.25, -0.2) is 9.24 Å². The van der Waals surface area contributed by atoms with E-state index in [1.54, 1.807) is 14.1 Å². The summed E-state index contributed by atoms with van der Waals surface area (Å²) in [6.07, 6.45) is 5.15. The van der Waals surface area contributed by atoms with Gasteiger partial charge in [-0.2, -0.15) is 0 Å². The van der Waals surface area contributed by atoms with Crippen molar-refractivity contribution >= 4 is 7.75 Å². The first-order valence-corrected chi connectivity index (χ1v) is 5.11. The van der Waals surface area contributed by atoms with E-state index in [2.05, 4.69) is 5.92 Å². The van der Waals surface area contributed by atoms with Gasteiger partial charge in [-0.3, -0.25) is 9.05 Å². The van der Waals surface area contributed by atoms with E-state index < -0.39 is 7.75 Å². The van der Waals surface area contributed by atoms with Gasteiger partial charge in [0.25, 0.3) is 0 Å². The van der Waals surface area contributed by atoms with Gasteiger partial charge in [0.05, 0.1) is 19.1 Å². The summed E-state index contributed by atoms with van der Waals surface area (Å²) in [5, 5.41) is 0. The summed E-state index contributed by atoms with van der Waals surface area (Å²) >= 11 is 0. The molecule has 1 fully saturated rings. The van der Waals surface area contributed by atoms with Crippen molar-refractivity contribution < 1.29 is 13.6 Å². The van der Waals surface area contributed by atoms with Crippen molar-refractivity contribution in [2.75, 3.05) is 27.3 Å². The normalized spacial score (nSPS) is 36.3. The van der Waals surface area contributed by atoms with Crippen molar-refractivity contribution in [1.29, 1.82) is 0 Å². The first kappa shape index (κ1) is 9.76. The van der Waals surface area contributed by atoms with Crippen molar-refractivity contribution in [1.82, 2.24) is 4.67 Å². The minimum absolute atomic E-state index is 0.0768. The molecule has 0 spiro atoms. The summed E-state index contributed by atoms with van der Waals surface area (Å²) in [5.41, 5.74) is 0. The molecule has 0 unspecified atom stereocenters. The van der Waals surface area contributed by atoms with Gasteiger partial charge in [0, 0.05) is 0 Å². The molecule has 0 N–H and O–H groups in total. The number of hydrogen-bond donors (Lipinski definition) is 0. The molecule has 0 aliphatic carbocycles. The molecule has 1 aliphatic heterocycles. The second kappa shape index (κ2) is 3.59. The fourth-order valence-corrected chi connectivity index (χ4v) is 2.05. The Morgan fingerprint density at radius 1 is 1.50 bits per heavy atom. The molecular weight excluding hydrogens is 177 g/mol. The maximum atomic E-state index is 11.6. The van der Waals surface area contributed by atoms with Crippen LogP contribution in [0.5, 0.6) is 0 Å². The van der Waals surface area contributed by atoms with E-state index in [4.69, 9.17) is 15.5 Å². The van der Waals surface area contributed by atoms with Crippen molar-refractivity contribution in [2.24, 2.45) is 5.92 Å². The van der Waals surface area contributed by atoms with Crippen LogP contribution in [-0.4, -0.2) is 32.0 Å². The molecule has 1 heterocycles. The summed E-state index contributed by atoms with van der Waals surface area (Å²) in [6.45, 7) is 0.623. The predicted molar refractivity (Wildman–Crippen MR) is 45.5 cm³/mol. The van der Waals surface area contributed by atoms with E-state index in [1.165, 1.54) is 4.67 Å². The number of terminal acetylenes is 1. The summed E-state index contributed by atoms with van der Waals surface area (Å²) in [7, 11) is 0.301. The minimum atomic E-state index is -3.00. The van der Waals surface area contributed by atoms with Crippen molar-refractivity contribution in [3.05, 3.63) is 0 Å². The van der Waals surface area contributed by atoms with Gasteiger partial charge < -0.3 is 0 Å². The summed E-state index contributed by atoms with van der Waals surface area (Å²) < 4.78 is 23.1. The highest BCUT2D eigenvalue weighted by Gasteiger charge is 2.34. The lowest BCUT2D eigenvalue weighted by Crippen LogP contribution is -2.25. The molecule has 0 aromatic heterocycles. The third-order valence-electron chi connectivity index (χ3n) is 1.60. The van der Waals surface area contributed by atoms with Crippen LogP contribution in [0, 0.1) is 18.3 Å². The molecular formula is C7H12NO3P. The molecule has 0 radical (unpaired) electrons. The molecule has 1 rings (SSSR count). The molecule has 0 aromatic rings. The third-order valence-corrected chi connectivity index (χ3v) is 3.53. The molecule has 0 bridgehead atoms. The fraction of sp³-hybridized carbons (Fsp3) is 0.714. The third kappa shape index (κ3) is 1.88. The topological polar surface area (TPSA) is 38.8 Å². The Kier molecular flexibility index (Phi) is 2.92. The quantitative estimate of drug-likeness (QED) is 0.454. The maximum Gasteiger partial charge on any atom is 0.407 e. The van der Waals surface area contributed by atoms with Gasteiger partial charge in [0.2, 0.25) is 0 Å². The Balaban J connectivity index is 2.57. The van der Waals surface area contributed by atoms with Crippen LogP contribution in [0.3, 0.4) is 0 Å². The Morgan fingerprint density at radius 2 is 2.00 bits per heavy atom. The lowest BCUT2D eigenvalue weighted by molar-refractivity contribution is 0.0943. The van der Waals surface area contributed by atoms with Gasteiger partial charge in [-0.1, -0.05) is 5.92 Å². The van der Waals surface area contributed by atoms with E-state index in [0.29, 0.717) is 13.2 Å². The van der Waals surface area contributed by atoms with E-state index in [9.17, 15) is 4.57 Å². The zero-order valence-electron chi connectivity index (χ0n) is 7.19. The standard InChI is InChI=1S/C7H12NO3P/c1-4-7-5-10-12(9,8(2)3)11-6-7/h1,7H,5-6H2,2-3H3. The minimum Gasteiger partial charge on any atom is -0.295 e. The van der Waals surface area contributed by atoms with Crippen LogP contribution in [0.2, 0.25) is 0 Å². The van der Waals surface area contributed by atoms with E-state index in [-0.39, 0.29) is 5.92 Å². The van der Waals surface area contributed by atoms with Crippen LogP contribution in [0.25, 0.3) is 0 Å².